The van der Waals surface area contributed by atoms with E-state index in [0.29, 0.717) is 0 Å². The van der Waals surface area contributed by atoms with E-state index in [1.165, 1.54) is 0 Å². The molecule has 0 aromatic heterocycles. The van der Waals surface area contributed by atoms with Crippen molar-refractivity contribution >= 4 is 5.97 Å². The van der Waals surface area contributed by atoms with Crippen LogP contribution in [0.1, 0.15) is 18.1 Å². The largest absolute Gasteiger partial charge is 0.481 e. The van der Waals surface area contributed by atoms with Gasteiger partial charge in [-0.15, -0.1) is 0 Å². The Bertz CT molecular complexity index is 321. The smallest absolute Gasteiger partial charge is 0.307 e. The summed E-state index contributed by atoms with van der Waals surface area (Å²) in [6.45, 7) is 1.93. The molecule has 0 aliphatic heterocycles. The molecule has 0 aliphatic carbocycles. The number of aliphatic carboxylic acids is 1. The van der Waals surface area contributed by atoms with Crippen LogP contribution >= 0.6 is 0 Å². The Morgan fingerprint density at radius 2 is 2.14 bits per heavy atom. The zero-order valence-corrected chi connectivity index (χ0v) is 8.23. The Morgan fingerprint density at radius 3 is 2.71 bits per heavy atom. The summed E-state index contributed by atoms with van der Waals surface area (Å²) in [6, 6.07) is 7.66. The van der Waals surface area contributed by atoms with E-state index in [1.807, 2.05) is 31.2 Å². The van der Waals surface area contributed by atoms with Crippen molar-refractivity contribution in [1.82, 2.24) is 0 Å². The van der Waals surface area contributed by atoms with Crippen molar-refractivity contribution in [3.05, 3.63) is 35.4 Å². The predicted octanol–water partition coefficient (Wildman–Crippen LogP) is 1.20. The van der Waals surface area contributed by atoms with Crippen LogP contribution in [0.25, 0.3) is 0 Å². The van der Waals surface area contributed by atoms with Gasteiger partial charge in [0.15, 0.2) is 0 Å². The lowest BCUT2D eigenvalue weighted by Crippen LogP contribution is -2.17. The van der Waals surface area contributed by atoms with Crippen molar-refractivity contribution in [3.8, 4) is 0 Å². The minimum Gasteiger partial charge on any atom is -0.481 e. The van der Waals surface area contributed by atoms with Crippen molar-refractivity contribution in [2.75, 3.05) is 0 Å². The number of carboxylic acid groups (broad SMARTS) is 1. The van der Waals surface area contributed by atoms with Crippen LogP contribution in [0.15, 0.2) is 24.3 Å². The van der Waals surface area contributed by atoms with E-state index in [4.69, 9.17) is 10.8 Å². The summed E-state index contributed by atoms with van der Waals surface area (Å²) in [5, 5.41) is 8.61. The number of hydrogen-bond acceptors (Lipinski definition) is 2. The molecule has 0 bridgehead atoms. The highest BCUT2D eigenvalue weighted by atomic mass is 16.4. The second-order valence-electron chi connectivity index (χ2n) is 3.57. The molecule has 14 heavy (non-hydrogen) atoms. The standard InChI is InChI=1S/C11H15NO2/c1-8(12)5-9-3-2-4-10(6-9)7-11(13)14/h2-4,6,8H,5,7,12H2,1H3,(H,13,14)/t8-/m1/s1. The molecule has 3 nitrogen and oxygen atoms in total. The third kappa shape index (κ3) is 3.58. The molecule has 1 atom stereocenters. The van der Waals surface area contributed by atoms with Gasteiger partial charge < -0.3 is 10.8 Å². The van der Waals surface area contributed by atoms with Gasteiger partial charge in [0.1, 0.15) is 0 Å². The molecule has 0 fully saturated rings. The van der Waals surface area contributed by atoms with Crippen molar-refractivity contribution in [3.63, 3.8) is 0 Å². The number of benzene rings is 1. The topological polar surface area (TPSA) is 63.3 Å². The average molecular weight is 193 g/mol. The fourth-order valence-electron chi connectivity index (χ4n) is 1.41. The van der Waals surface area contributed by atoms with E-state index >= 15 is 0 Å². The van der Waals surface area contributed by atoms with Gasteiger partial charge in [-0.1, -0.05) is 24.3 Å². The molecule has 0 heterocycles. The van der Waals surface area contributed by atoms with Crippen LogP contribution in [0.5, 0.6) is 0 Å². The van der Waals surface area contributed by atoms with Crippen LogP contribution < -0.4 is 5.73 Å². The number of hydrogen-bond donors (Lipinski definition) is 2. The highest BCUT2D eigenvalue weighted by Gasteiger charge is 2.02. The van der Waals surface area contributed by atoms with Crippen LogP contribution in [0.3, 0.4) is 0 Å². The van der Waals surface area contributed by atoms with Gasteiger partial charge in [-0.2, -0.15) is 0 Å². The molecule has 0 unspecified atom stereocenters. The maximum Gasteiger partial charge on any atom is 0.307 e. The Morgan fingerprint density at radius 1 is 1.50 bits per heavy atom. The summed E-state index contributed by atoms with van der Waals surface area (Å²) in [5.41, 5.74) is 7.58. The molecule has 0 saturated heterocycles. The fourth-order valence-corrected chi connectivity index (χ4v) is 1.41. The maximum absolute atomic E-state index is 10.5. The van der Waals surface area contributed by atoms with E-state index in [9.17, 15) is 4.79 Å². The first-order valence-corrected chi connectivity index (χ1v) is 4.63. The maximum atomic E-state index is 10.5. The van der Waals surface area contributed by atoms with Crippen LogP contribution in [-0.2, 0) is 17.6 Å². The Kier molecular flexibility index (Phi) is 3.65. The number of rotatable bonds is 4. The minimum atomic E-state index is -0.803. The summed E-state index contributed by atoms with van der Waals surface area (Å²) in [4.78, 5) is 10.5. The van der Waals surface area contributed by atoms with Crippen molar-refractivity contribution in [2.45, 2.75) is 25.8 Å². The van der Waals surface area contributed by atoms with Gasteiger partial charge >= 0.3 is 5.97 Å². The summed E-state index contributed by atoms with van der Waals surface area (Å²) < 4.78 is 0. The van der Waals surface area contributed by atoms with Gasteiger partial charge in [-0.3, -0.25) is 4.79 Å². The van der Waals surface area contributed by atoms with Gasteiger partial charge in [0, 0.05) is 6.04 Å². The van der Waals surface area contributed by atoms with Crippen LogP contribution in [0, 0.1) is 0 Å². The first kappa shape index (κ1) is 10.7. The van der Waals surface area contributed by atoms with E-state index in [-0.39, 0.29) is 12.5 Å². The molecule has 0 amide bonds. The molecular weight excluding hydrogens is 178 g/mol. The quantitative estimate of drug-likeness (QED) is 0.755. The molecule has 3 heteroatoms. The summed E-state index contributed by atoms with van der Waals surface area (Å²) in [5.74, 6) is -0.803. The summed E-state index contributed by atoms with van der Waals surface area (Å²) in [7, 11) is 0. The van der Waals surface area contributed by atoms with Crippen molar-refractivity contribution in [2.24, 2.45) is 5.73 Å². The molecule has 76 valence electrons. The zero-order chi connectivity index (χ0) is 10.6. The molecule has 1 rings (SSSR count). The Hall–Kier alpha value is -1.35. The van der Waals surface area contributed by atoms with Crippen molar-refractivity contribution in [1.29, 1.82) is 0 Å². The highest BCUT2D eigenvalue weighted by molar-refractivity contribution is 5.70. The first-order valence-electron chi connectivity index (χ1n) is 4.63. The van der Waals surface area contributed by atoms with Crippen molar-refractivity contribution < 1.29 is 9.90 Å². The van der Waals surface area contributed by atoms with E-state index in [1.54, 1.807) is 0 Å². The minimum absolute atomic E-state index is 0.0762. The van der Waals surface area contributed by atoms with Gasteiger partial charge in [-0.05, 0) is 24.5 Å². The lowest BCUT2D eigenvalue weighted by molar-refractivity contribution is -0.136. The summed E-state index contributed by atoms with van der Waals surface area (Å²) >= 11 is 0. The van der Waals surface area contributed by atoms with Gasteiger partial charge in [0.2, 0.25) is 0 Å². The van der Waals surface area contributed by atoms with Crippen LogP contribution in [0.2, 0.25) is 0 Å². The second-order valence-corrected chi connectivity index (χ2v) is 3.57. The number of nitrogens with two attached hydrogens (primary N) is 1. The predicted molar refractivity (Wildman–Crippen MR) is 55.1 cm³/mol. The monoisotopic (exact) mass is 193 g/mol. The second kappa shape index (κ2) is 4.77. The zero-order valence-electron chi connectivity index (χ0n) is 8.23. The number of carboxylic acids is 1. The van der Waals surface area contributed by atoms with E-state index in [2.05, 4.69) is 0 Å². The van der Waals surface area contributed by atoms with E-state index in [0.717, 1.165) is 17.5 Å². The molecule has 1 aromatic rings. The normalized spacial score (nSPS) is 12.4. The molecule has 0 aliphatic rings. The number of carbonyl (C=O) groups is 1. The Balaban J connectivity index is 2.73. The molecule has 0 saturated carbocycles. The molecule has 0 radical (unpaired) electrons. The van der Waals surface area contributed by atoms with E-state index < -0.39 is 5.97 Å². The van der Waals surface area contributed by atoms with Gasteiger partial charge in [0.05, 0.1) is 6.42 Å². The van der Waals surface area contributed by atoms with Crippen LogP contribution in [-0.4, -0.2) is 17.1 Å². The highest BCUT2D eigenvalue weighted by Crippen LogP contribution is 2.07. The first-order chi connectivity index (χ1) is 6.58. The lowest BCUT2D eigenvalue weighted by Gasteiger charge is -2.06. The molecular formula is C11H15NO2. The molecule has 3 N–H and O–H groups in total. The molecule has 0 spiro atoms. The van der Waals surface area contributed by atoms with Gasteiger partial charge in [-0.25, -0.2) is 0 Å². The summed E-state index contributed by atoms with van der Waals surface area (Å²) in [6.07, 6.45) is 0.861. The lowest BCUT2D eigenvalue weighted by atomic mass is 10.0. The SMILES string of the molecule is C[C@@H](N)Cc1cccc(CC(=O)O)c1. The third-order valence-electron chi connectivity index (χ3n) is 1.90. The average Bonchev–Trinajstić information content (AvgIpc) is 2.01. The van der Waals surface area contributed by atoms with Crippen LogP contribution in [0.4, 0.5) is 0 Å². The Labute approximate surface area is 83.6 Å². The van der Waals surface area contributed by atoms with Gasteiger partial charge in [0.25, 0.3) is 0 Å². The fraction of sp³-hybridized carbons (Fsp3) is 0.364. The third-order valence-corrected chi connectivity index (χ3v) is 1.90. The molecule has 1 aromatic carbocycles.